The molecule has 0 aromatic heterocycles. The minimum absolute atomic E-state index is 0.0320. The van der Waals surface area contributed by atoms with Crippen LogP contribution in [0.2, 0.25) is 0 Å². The van der Waals surface area contributed by atoms with Crippen LogP contribution in [0.25, 0.3) is 0 Å². The number of nitrogens with zero attached hydrogens (tertiary/aromatic N) is 1. The molecule has 0 aromatic carbocycles. The van der Waals surface area contributed by atoms with Gasteiger partial charge in [-0.3, -0.25) is 4.79 Å². The number of fused-ring (bicyclic) bond motifs is 2. The fourth-order valence-corrected chi connectivity index (χ4v) is 6.45. The summed E-state index contributed by atoms with van der Waals surface area (Å²) in [4.78, 5) is 12.2. The molecule has 1 amide bonds. The van der Waals surface area contributed by atoms with E-state index in [0.29, 0.717) is 19.0 Å². The van der Waals surface area contributed by atoms with Crippen molar-refractivity contribution in [3.63, 3.8) is 0 Å². The number of sulfonamides is 1. The van der Waals surface area contributed by atoms with Crippen LogP contribution in [0.15, 0.2) is 0 Å². The molecule has 1 heterocycles. The Morgan fingerprint density at radius 1 is 1.19 bits per heavy atom. The van der Waals surface area contributed by atoms with E-state index < -0.39 is 10.0 Å². The first-order valence-electron chi connectivity index (χ1n) is 7.89. The maximum atomic E-state index is 12.2. The monoisotopic (exact) mass is 332 g/mol. The summed E-state index contributed by atoms with van der Waals surface area (Å²) in [6, 6.07) is 0. The van der Waals surface area contributed by atoms with Gasteiger partial charge in [0.2, 0.25) is 15.9 Å². The van der Waals surface area contributed by atoms with Crippen LogP contribution in [0.5, 0.6) is 0 Å². The van der Waals surface area contributed by atoms with Crippen molar-refractivity contribution >= 4 is 27.7 Å². The van der Waals surface area contributed by atoms with E-state index in [4.69, 9.17) is 0 Å². The highest BCUT2D eigenvalue weighted by atomic mass is 32.2. The van der Waals surface area contributed by atoms with Gasteiger partial charge in [-0.05, 0) is 31.1 Å². The van der Waals surface area contributed by atoms with Gasteiger partial charge < -0.3 is 5.32 Å². The zero-order chi connectivity index (χ0) is 14.9. The minimum atomic E-state index is -3.21. The summed E-state index contributed by atoms with van der Waals surface area (Å²) in [5, 5.41) is 2.85. The maximum absolute atomic E-state index is 12.2. The van der Waals surface area contributed by atoms with Crippen molar-refractivity contribution in [1.29, 1.82) is 0 Å². The lowest BCUT2D eigenvalue weighted by atomic mass is 9.88. The van der Waals surface area contributed by atoms with Gasteiger partial charge in [0.25, 0.3) is 0 Å². The summed E-state index contributed by atoms with van der Waals surface area (Å²) in [6.45, 7) is 1.46. The molecular weight excluding hydrogens is 308 g/mol. The van der Waals surface area contributed by atoms with Gasteiger partial charge in [0, 0.05) is 37.1 Å². The Morgan fingerprint density at radius 2 is 1.95 bits per heavy atom. The van der Waals surface area contributed by atoms with Gasteiger partial charge in [-0.25, -0.2) is 12.7 Å². The Balaban J connectivity index is 1.44. The fourth-order valence-electron chi connectivity index (χ4n) is 3.95. The van der Waals surface area contributed by atoms with Crippen LogP contribution in [-0.4, -0.2) is 55.5 Å². The van der Waals surface area contributed by atoms with Crippen LogP contribution in [0.3, 0.4) is 0 Å². The van der Waals surface area contributed by atoms with Crippen LogP contribution >= 0.6 is 11.8 Å². The van der Waals surface area contributed by atoms with Crippen molar-refractivity contribution in [3.05, 3.63) is 0 Å². The standard InChI is InChI=1S/C14H24N2O3S2/c17-14(13-10-11-1-2-12(13)9-11)15-3-8-21(18,19)16-4-6-20-7-5-16/h11-13H,1-10H2,(H,15,17). The van der Waals surface area contributed by atoms with Gasteiger partial charge in [0.15, 0.2) is 0 Å². The highest BCUT2D eigenvalue weighted by molar-refractivity contribution is 7.99. The lowest BCUT2D eigenvalue weighted by Gasteiger charge is -2.26. The minimum Gasteiger partial charge on any atom is -0.355 e. The van der Waals surface area contributed by atoms with Gasteiger partial charge in [-0.1, -0.05) is 6.42 Å². The second kappa shape index (κ2) is 6.46. The topological polar surface area (TPSA) is 66.5 Å². The van der Waals surface area contributed by atoms with Crippen LogP contribution < -0.4 is 5.32 Å². The molecule has 0 radical (unpaired) electrons. The smallest absolute Gasteiger partial charge is 0.223 e. The largest absolute Gasteiger partial charge is 0.355 e. The van der Waals surface area contributed by atoms with Crippen molar-refractivity contribution in [2.24, 2.45) is 17.8 Å². The van der Waals surface area contributed by atoms with E-state index >= 15 is 0 Å². The molecular formula is C14H24N2O3S2. The zero-order valence-corrected chi connectivity index (χ0v) is 13.9. The van der Waals surface area contributed by atoms with Crippen molar-refractivity contribution in [1.82, 2.24) is 9.62 Å². The van der Waals surface area contributed by atoms with Gasteiger partial charge in [0.1, 0.15) is 0 Å². The van der Waals surface area contributed by atoms with E-state index in [1.165, 1.54) is 19.3 Å². The summed E-state index contributed by atoms with van der Waals surface area (Å²) in [5.74, 6) is 3.27. The third kappa shape index (κ3) is 3.56. The number of carbonyl (C=O) groups is 1. The SMILES string of the molecule is O=C(NCCS(=O)(=O)N1CCSCC1)C1CC2CCC1C2. The predicted octanol–water partition coefficient (Wildman–Crippen LogP) is 0.917. The van der Waals surface area contributed by atoms with Crippen molar-refractivity contribution in [2.45, 2.75) is 25.7 Å². The van der Waals surface area contributed by atoms with E-state index in [2.05, 4.69) is 5.32 Å². The molecule has 3 fully saturated rings. The summed E-state index contributed by atoms with van der Waals surface area (Å²) < 4.78 is 25.9. The first kappa shape index (κ1) is 15.6. The average molecular weight is 332 g/mol. The molecule has 3 atom stereocenters. The van der Waals surface area contributed by atoms with Crippen LogP contribution in [0.1, 0.15) is 25.7 Å². The summed E-state index contributed by atoms with van der Waals surface area (Å²) in [5.41, 5.74) is 0. The summed E-state index contributed by atoms with van der Waals surface area (Å²) >= 11 is 1.79. The van der Waals surface area contributed by atoms with Crippen LogP contribution in [-0.2, 0) is 14.8 Å². The zero-order valence-electron chi connectivity index (χ0n) is 12.3. The van der Waals surface area contributed by atoms with E-state index in [-0.39, 0.29) is 24.1 Å². The Morgan fingerprint density at radius 3 is 2.57 bits per heavy atom. The van der Waals surface area contributed by atoms with Crippen molar-refractivity contribution < 1.29 is 13.2 Å². The second-order valence-electron chi connectivity index (χ2n) is 6.40. The Labute approximate surface area is 131 Å². The Hall–Kier alpha value is -0.270. The van der Waals surface area contributed by atoms with Gasteiger partial charge in [0.05, 0.1) is 5.75 Å². The van der Waals surface area contributed by atoms with E-state index in [0.717, 1.165) is 23.8 Å². The second-order valence-corrected chi connectivity index (χ2v) is 9.71. The predicted molar refractivity (Wildman–Crippen MR) is 84.6 cm³/mol. The maximum Gasteiger partial charge on any atom is 0.223 e. The molecule has 3 aliphatic rings. The molecule has 1 N–H and O–H groups in total. The van der Waals surface area contributed by atoms with Crippen LogP contribution in [0.4, 0.5) is 0 Å². The van der Waals surface area contributed by atoms with Gasteiger partial charge in [-0.15, -0.1) is 0 Å². The average Bonchev–Trinajstić information content (AvgIpc) is 3.10. The van der Waals surface area contributed by atoms with Gasteiger partial charge >= 0.3 is 0 Å². The molecule has 1 saturated heterocycles. The van der Waals surface area contributed by atoms with E-state index in [9.17, 15) is 13.2 Å². The lowest BCUT2D eigenvalue weighted by Crippen LogP contribution is -2.43. The third-order valence-electron chi connectivity index (χ3n) is 5.10. The number of nitrogens with one attached hydrogen (secondary N) is 1. The molecule has 21 heavy (non-hydrogen) atoms. The number of hydrogen-bond donors (Lipinski definition) is 1. The summed E-state index contributed by atoms with van der Waals surface area (Å²) in [7, 11) is -3.21. The first-order valence-corrected chi connectivity index (χ1v) is 10.7. The fraction of sp³-hybridized carbons (Fsp3) is 0.929. The van der Waals surface area contributed by atoms with E-state index in [1.807, 2.05) is 0 Å². The molecule has 2 saturated carbocycles. The Kier molecular flexibility index (Phi) is 4.81. The normalized spacial score (nSPS) is 33.2. The number of thioether (sulfide) groups is 1. The molecule has 0 aromatic rings. The van der Waals surface area contributed by atoms with Gasteiger partial charge in [-0.2, -0.15) is 11.8 Å². The molecule has 0 spiro atoms. The Bertz CT molecular complexity index is 488. The number of amides is 1. The molecule has 3 rings (SSSR count). The molecule has 2 aliphatic carbocycles. The van der Waals surface area contributed by atoms with E-state index in [1.54, 1.807) is 16.1 Å². The third-order valence-corrected chi connectivity index (χ3v) is 7.91. The van der Waals surface area contributed by atoms with Crippen molar-refractivity contribution in [3.8, 4) is 0 Å². The first-order chi connectivity index (χ1) is 10.1. The molecule has 3 unspecified atom stereocenters. The molecule has 7 heteroatoms. The number of hydrogen-bond acceptors (Lipinski definition) is 4. The highest BCUT2D eigenvalue weighted by Crippen LogP contribution is 2.48. The van der Waals surface area contributed by atoms with Crippen molar-refractivity contribution in [2.75, 3.05) is 36.9 Å². The molecule has 5 nitrogen and oxygen atoms in total. The number of carbonyl (C=O) groups excluding carboxylic acids is 1. The summed E-state index contributed by atoms with van der Waals surface area (Å²) in [6.07, 6.45) is 4.65. The molecule has 120 valence electrons. The molecule has 2 bridgehead atoms. The lowest BCUT2D eigenvalue weighted by molar-refractivity contribution is -0.126. The highest BCUT2D eigenvalue weighted by Gasteiger charge is 2.42. The van der Waals surface area contributed by atoms with Crippen LogP contribution in [0, 0.1) is 17.8 Å². The number of rotatable bonds is 5. The quantitative estimate of drug-likeness (QED) is 0.813. The molecule has 1 aliphatic heterocycles.